The molecule has 3 rings (SSSR count). The number of carboxylic acid groups (broad SMARTS) is 1. The van der Waals surface area contributed by atoms with Crippen molar-refractivity contribution in [3.05, 3.63) is 71.1 Å². The van der Waals surface area contributed by atoms with Gasteiger partial charge < -0.3 is 10.4 Å². The van der Waals surface area contributed by atoms with Crippen LogP contribution in [0.2, 0.25) is 5.02 Å². The molecule has 1 heterocycles. The number of benzene rings is 2. The van der Waals surface area contributed by atoms with Gasteiger partial charge in [0.2, 0.25) is 0 Å². The highest BCUT2D eigenvalue weighted by atomic mass is 35.5. The van der Waals surface area contributed by atoms with Gasteiger partial charge in [-0.25, -0.2) is 4.79 Å². The summed E-state index contributed by atoms with van der Waals surface area (Å²) in [6, 6.07) is 13.7. The predicted molar refractivity (Wildman–Crippen MR) is 90.2 cm³/mol. The van der Waals surface area contributed by atoms with Gasteiger partial charge in [0.1, 0.15) is 0 Å². The fraction of sp³-hybridized carbons (Fsp3) is 0. The van der Waals surface area contributed by atoms with Gasteiger partial charge in [0.05, 0.1) is 16.9 Å². The summed E-state index contributed by atoms with van der Waals surface area (Å²) in [5, 5.41) is 24.2. The Morgan fingerprint density at radius 3 is 2.67 bits per heavy atom. The summed E-state index contributed by atoms with van der Waals surface area (Å²) >= 11 is 5.87. The second-order valence-electron chi connectivity index (χ2n) is 4.75. The molecule has 1 aromatic heterocycles. The summed E-state index contributed by atoms with van der Waals surface area (Å²) < 4.78 is 1.54. The van der Waals surface area contributed by atoms with E-state index in [4.69, 9.17) is 16.7 Å². The molecule has 2 aromatic carbocycles. The lowest BCUT2D eigenvalue weighted by molar-refractivity contribution is 0.0698. The van der Waals surface area contributed by atoms with Gasteiger partial charge in [-0.3, -0.25) is 0 Å². The Morgan fingerprint density at radius 2 is 1.92 bits per heavy atom. The monoisotopic (exact) mass is 341 g/mol. The van der Waals surface area contributed by atoms with Crippen molar-refractivity contribution in [3.63, 3.8) is 0 Å². The van der Waals surface area contributed by atoms with Crippen molar-refractivity contribution in [1.82, 2.24) is 20.2 Å². The van der Waals surface area contributed by atoms with E-state index in [1.165, 1.54) is 10.7 Å². The molecular weight excluding hydrogens is 330 g/mol. The van der Waals surface area contributed by atoms with Crippen LogP contribution in [-0.4, -0.2) is 31.3 Å². The first-order valence-corrected chi connectivity index (χ1v) is 7.32. The van der Waals surface area contributed by atoms with Crippen LogP contribution in [0.4, 0.5) is 5.69 Å². The van der Waals surface area contributed by atoms with Crippen LogP contribution in [0.3, 0.4) is 0 Å². The van der Waals surface area contributed by atoms with E-state index < -0.39 is 5.97 Å². The molecule has 0 unspecified atom stereocenters. The molecular formula is C16H12ClN5O2. The highest BCUT2D eigenvalue weighted by Gasteiger charge is 2.08. The summed E-state index contributed by atoms with van der Waals surface area (Å²) in [7, 11) is 0. The van der Waals surface area contributed by atoms with Crippen LogP contribution in [0.15, 0.2) is 54.7 Å². The number of carboxylic acids is 1. The summed E-state index contributed by atoms with van der Waals surface area (Å²) in [5.41, 5.74) is 1.42. The Labute approximate surface area is 142 Å². The Hall–Kier alpha value is -3.19. The molecule has 0 aliphatic carbocycles. The quantitative estimate of drug-likeness (QED) is 0.740. The van der Waals surface area contributed by atoms with Gasteiger partial charge in [0.25, 0.3) is 0 Å². The number of hydrogen-bond donors (Lipinski definition) is 2. The Morgan fingerprint density at radius 1 is 1.17 bits per heavy atom. The molecule has 0 saturated carbocycles. The lowest BCUT2D eigenvalue weighted by atomic mass is 10.2. The molecule has 0 spiro atoms. The fourth-order valence-electron chi connectivity index (χ4n) is 2.07. The summed E-state index contributed by atoms with van der Waals surface area (Å²) in [6.07, 6.45) is 3.23. The number of hydrogen-bond acceptors (Lipinski definition) is 5. The van der Waals surface area contributed by atoms with Gasteiger partial charge in [0.15, 0.2) is 5.82 Å². The van der Waals surface area contributed by atoms with E-state index in [1.807, 2.05) is 0 Å². The van der Waals surface area contributed by atoms with E-state index in [0.717, 1.165) is 5.69 Å². The van der Waals surface area contributed by atoms with E-state index in [1.54, 1.807) is 54.7 Å². The number of nitrogens with one attached hydrogen (secondary N) is 1. The molecule has 0 aliphatic heterocycles. The molecule has 0 atom stereocenters. The smallest absolute Gasteiger partial charge is 0.337 e. The highest BCUT2D eigenvalue weighted by Crippen LogP contribution is 2.16. The number of rotatable bonds is 5. The molecule has 0 aliphatic rings. The third kappa shape index (κ3) is 3.41. The van der Waals surface area contributed by atoms with E-state index in [-0.39, 0.29) is 5.56 Å². The molecule has 2 N–H and O–H groups in total. The third-order valence-electron chi connectivity index (χ3n) is 3.19. The number of tetrazole rings is 1. The van der Waals surface area contributed by atoms with Crippen molar-refractivity contribution < 1.29 is 9.90 Å². The van der Waals surface area contributed by atoms with E-state index in [2.05, 4.69) is 20.8 Å². The van der Waals surface area contributed by atoms with Crippen molar-refractivity contribution in [2.45, 2.75) is 0 Å². The average molecular weight is 342 g/mol. The maximum absolute atomic E-state index is 11.2. The van der Waals surface area contributed by atoms with E-state index in [9.17, 15) is 4.79 Å². The van der Waals surface area contributed by atoms with Gasteiger partial charge >= 0.3 is 5.97 Å². The maximum Gasteiger partial charge on any atom is 0.337 e. The molecule has 7 nitrogen and oxygen atoms in total. The molecule has 3 aromatic rings. The van der Waals surface area contributed by atoms with Gasteiger partial charge in [-0.05, 0) is 46.8 Å². The Bertz CT molecular complexity index is 889. The Kier molecular flexibility index (Phi) is 4.53. The predicted octanol–water partition coefficient (Wildman–Crippen LogP) is 3.10. The first kappa shape index (κ1) is 15.7. The molecule has 0 bridgehead atoms. The average Bonchev–Trinajstić information content (AvgIpc) is 3.04. The molecule has 0 fully saturated rings. The number of anilines is 1. The fourth-order valence-corrected chi connectivity index (χ4v) is 2.19. The van der Waals surface area contributed by atoms with Gasteiger partial charge in [0, 0.05) is 17.3 Å². The number of para-hydroxylation sites is 1. The minimum atomic E-state index is -1.00. The molecule has 0 saturated heterocycles. The lowest BCUT2D eigenvalue weighted by Crippen LogP contribution is -2.02. The van der Waals surface area contributed by atoms with E-state index >= 15 is 0 Å². The van der Waals surface area contributed by atoms with Crippen LogP contribution >= 0.6 is 11.6 Å². The number of carbonyl (C=O) groups is 1. The zero-order chi connectivity index (χ0) is 16.9. The second-order valence-corrected chi connectivity index (χ2v) is 5.19. The zero-order valence-corrected chi connectivity index (χ0v) is 13.1. The molecule has 0 radical (unpaired) electrons. The number of halogens is 1. The maximum atomic E-state index is 11.2. The first-order valence-electron chi connectivity index (χ1n) is 6.95. The lowest BCUT2D eigenvalue weighted by Gasteiger charge is -2.05. The van der Waals surface area contributed by atoms with Crippen LogP contribution in [0.1, 0.15) is 16.2 Å². The van der Waals surface area contributed by atoms with E-state index in [0.29, 0.717) is 16.5 Å². The third-order valence-corrected chi connectivity index (χ3v) is 3.45. The van der Waals surface area contributed by atoms with Crippen molar-refractivity contribution in [3.8, 4) is 5.69 Å². The number of nitrogens with zero attached hydrogens (tertiary/aromatic N) is 4. The standard InChI is InChI=1S/C16H12ClN5O2/c17-11-5-7-12(8-6-11)22-15(19-20-21-22)9-10-18-14-4-2-1-3-13(14)16(23)24/h1-10,18H,(H,23,24)/b10-9+. The molecule has 8 heteroatoms. The Balaban J connectivity index is 1.81. The largest absolute Gasteiger partial charge is 0.478 e. The number of aromatic carboxylic acids is 1. The highest BCUT2D eigenvalue weighted by molar-refractivity contribution is 6.30. The topological polar surface area (TPSA) is 92.9 Å². The minimum Gasteiger partial charge on any atom is -0.478 e. The normalized spacial score (nSPS) is 10.9. The van der Waals surface area contributed by atoms with Crippen LogP contribution in [0.25, 0.3) is 11.8 Å². The molecule has 24 heavy (non-hydrogen) atoms. The van der Waals surface area contributed by atoms with Crippen LogP contribution < -0.4 is 5.32 Å². The van der Waals surface area contributed by atoms with Crippen molar-refractivity contribution in [2.24, 2.45) is 0 Å². The van der Waals surface area contributed by atoms with Crippen molar-refractivity contribution in [2.75, 3.05) is 5.32 Å². The minimum absolute atomic E-state index is 0.180. The SMILES string of the molecule is O=C(O)c1ccccc1N/C=C/c1nnnn1-c1ccc(Cl)cc1. The summed E-state index contributed by atoms with van der Waals surface area (Å²) in [6.45, 7) is 0. The molecule has 0 amide bonds. The van der Waals surface area contributed by atoms with Crippen LogP contribution in [0, 0.1) is 0 Å². The number of aromatic nitrogens is 4. The van der Waals surface area contributed by atoms with Gasteiger partial charge in [-0.15, -0.1) is 5.10 Å². The molecule has 120 valence electrons. The van der Waals surface area contributed by atoms with Crippen molar-refractivity contribution in [1.29, 1.82) is 0 Å². The van der Waals surface area contributed by atoms with Gasteiger partial charge in [-0.2, -0.15) is 4.68 Å². The van der Waals surface area contributed by atoms with Gasteiger partial charge in [-0.1, -0.05) is 23.7 Å². The summed E-state index contributed by atoms with van der Waals surface area (Å²) in [5.74, 6) is -0.518. The second kappa shape index (κ2) is 6.93. The van der Waals surface area contributed by atoms with Crippen LogP contribution in [0.5, 0.6) is 0 Å². The van der Waals surface area contributed by atoms with Crippen LogP contribution in [-0.2, 0) is 0 Å². The first-order chi connectivity index (χ1) is 11.6. The van der Waals surface area contributed by atoms with Crippen molar-refractivity contribution >= 4 is 29.3 Å². The summed E-state index contributed by atoms with van der Waals surface area (Å²) in [4.78, 5) is 11.2. The zero-order valence-electron chi connectivity index (χ0n) is 12.3.